The molecule has 0 bridgehead atoms. The fraction of sp³-hybridized carbons (Fsp3) is 0.500. The first kappa shape index (κ1) is 17.8. The molecule has 1 heterocycles. The number of rotatable bonds is 6. The summed E-state index contributed by atoms with van der Waals surface area (Å²) in [5.41, 5.74) is 0.911. The predicted octanol–water partition coefficient (Wildman–Crippen LogP) is 3.06. The third-order valence-electron chi connectivity index (χ3n) is 4.56. The maximum absolute atomic E-state index is 12.2. The molecular formula is C18H24N4O2S. The van der Waals surface area contributed by atoms with Crippen molar-refractivity contribution in [3.63, 3.8) is 0 Å². The summed E-state index contributed by atoms with van der Waals surface area (Å²) in [4.78, 5) is 12.2. The molecule has 0 aliphatic heterocycles. The number of benzene rings is 1. The van der Waals surface area contributed by atoms with Crippen molar-refractivity contribution in [1.82, 2.24) is 20.1 Å². The lowest BCUT2D eigenvalue weighted by Crippen LogP contribution is -2.38. The van der Waals surface area contributed by atoms with Crippen LogP contribution in [0, 0.1) is 5.92 Å². The molecule has 1 fully saturated rings. The van der Waals surface area contributed by atoms with Crippen molar-refractivity contribution in [1.29, 1.82) is 0 Å². The van der Waals surface area contributed by atoms with Crippen molar-refractivity contribution in [3.05, 3.63) is 30.6 Å². The number of carbonyl (C=O) groups is 1. The Morgan fingerprint density at radius 2 is 2.16 bits per heavy atom. The minimum atomic E-state index is 0.0599. The SMILES string of the molecule is COc1cccc(-n2cnnc2SCC(=O)NC2CCC(C)CC2)c1. The van der Waals surface area contributed by atoms with Crippen LogP contribution in [0.15, 0.2) is 35.7 Å². The van der Waals surface area contributed by atoms with E-state index in [2.05, 4.69) is 22.4 Å². The Morgan fingerprint density at radius 1 is 1.36 bits per heavy atom. The van der Waals surface area contributed by atoms with E-state index in [0.29, 0.717) is 17.0 Å². The van der Waals surface area contributed by atoms with Crippen LogP contribution < -0.4 is 10.1 Å². The van der Waals surface area contributed by atoms with Crippen LogP contribution >= 0.6 is 11.8 Å². The molecule has 7 heteroatoms. The lowest BCUT2D eigenvalue weighted by atomic mass is 9.87. The molecule has 1 aromatic carbocycles. The Bertz CT molecular complexity index is 711. The molecule has 25 heavy (non-hydrogen) atoms. The smallest absolute Gasteiger partial charge is 0.230 e. The van der Waals surface area contributed by atoms with Crippen LogP contribution in [-0.4, -0.2) is 39.6 Å². The monoisotopic (exact) mass is 360 g/mol. The third-order valence-corrected chi connectivity index (χ3v) is 5.50. The highest BCUT2D eigenvalue weighted by Crippen LogP contribution is 2.24. The zero-order valence-corrected chi connectivity index (χ0v) is 15.5. The van der Waals surface area contributed by atoms with Crippen molar-refractivity contribution < 1.29 is 9.53 Å². The van der Waals surface area contributed by atoms with Crippen LogP contribution in [0.4, 0.5) is 0 Å². The Labute approximate surface area is 152 Å². The minimum Gasteiger partial charge on any atom is -0.497 e. The fourth-order valence-electron chi connectivity index (χ4n) is 3.06. The first-order valence-electron chi connectivity index (χ1n) is 8.62. The van der Waals surface area contributed by atoms with E-state index in [9.17, 15) is 4.79 Å². The van der Waals surface area contributed by atoms with Crippen LogP contribution in [0.3, 0.4) is 0 Å². The lowest BCUT2D eigenvalue weighted by Gasteiger charge is -2.26. The number of nitrogens with one attached hydrogen (secondary N) is 1. The van der Waals surface area contributed by atoms with Gasteiger partial charge in [-0.25, -0.2) is 0 Å². The van der Waals surface area contributed by atoms with E-state index >= 15 is 0 Å². The molecule has 1 amide bonds. The van der Waals surface area contributed by atoms with E-state index in [0.717, 1.165) is 30.2 Å². The van der Waals surface area contributed by atoms with Crippen molar-refractivity contribution in [2.45, 2.75) is 43.8 Å². The number of hydrogen-bond donors (Lipinski definition) is 1. The van der Waals surface area contributed by atoms with E-state index in [-0.39, 0.29) is 5.91 Å². The summed E-state index contributed by atoms with van der Waals surface area (Å²) in [6, 6.07) is 7.99. The van der Waals surface area contributed by atoms with E-state index in [1.54, 1.807) is 13.4 Å². The Morgan fingerprint density at radius 3 is 2.92 bits per heavy atom. The molecular weight excluding hydrogens is 336 g/mol. The highest BCUT2D eigenvalue weighted by Gasteiger charge is 2.20. The summed E-state index contributed by atoms with van der Waals surface area (Å²) in [6.07, 6.45) is 6.21. The van der Waals surface area contributed by atoms with Crippen molar-refractivity contribution in [3.8, 4) is 11.4 Å². The van der Waals surface area contributed by atoms with Crippen LogP contribution in [0.25, 0.3) is 5.69 Å². The van der Waals surface area contributed by atoms with E-state index < -0.39 is 0 Å². The zero-order valence-electron chi connectivity index (χ0n) is 14.6. The van der Waals surface area contributed by atoms with Crippen molar-refractivity contribution in [2.24, 2.45) is 5.92 Å². The van der Waals surface area contributed by atoms with Gasteiger partial charge in [-0.15, -0.1) is 10.2 Å². The minimum absolute atomic E-state index is 0.0599. The molecule has 3 rings (SSSR count). The topological polar surface area (TPSA) is 69.0 Å². The number of carbonyl (C=O) groups excluding carboxylic acids is 1. The molecule has 0 radical (unpaired) electrons. The van der Waals surface area contributed by atoms with Gasteiger partial charge < -0.3 is 10.1 Å². The summed E-state index contributed by atoms with van der Waals surface area (Å²) in [7, 11) is 1.64. The number of aromatic nitrogens is 3. The van der Waals surface area contributed by atoms with Crippen LogP contribution in [-0.2, 0) is 4.79 Å². The quantitative estimate of drug-likeness (QED) is 0.802. The number of amides is 1. The maximum atomic E-state index is 12.2. The molecule has 134 valence electrons. The van der Waals surface area contributed by atoms with E-state index in [4.69, 9.17) is 4.74 Å². The summed E-state index contributed by atoms with van der Waals surface area (Å²) < 4.78 is 7.12. The molecule has 0 spiro atoms. The van der Waals surface area contributed by atoms with Gasteiger partial charge in [0.05, 0.1) is 18.6 Å². The van der Waals surface area contributed by atoms with Crippen molar-refractivity contribution >= 4 is 17.7 Å². The van der Waals surface area contributed by atoms with Gasteiger partial charge in [-0.3, -0.25) is 9.36 Å². The zero-order chi connectivity index (χ0) is 17.6. The third kappa shape index (κ3) is 4.75. The average molecular weight is 360 g/mol. The second kappa shape index (κ2) is 8.38. The first-order chi connectivity index (χ1) is 12.2. The van der Waals surface area contributed by atoms with Gasteiger partial charge >= 0.3 is 0 Å². The summed E-state index contributed by atoms with van der Waals surface area (Å²) in [5, 5.41) is 11.9. The van der Waals surface area contributed by atoms with Gasteiger partial charge in [0.25, 0.3) is 0 Å². The Hall–Kier alpha value is -2.02. The normalized spacial score (nSPS) is 20.2. The first-order valence-corrected chi connectivity index (χ1v) is 9.61. The highest BCUT2D eigenvalue weighted by molar-refractivity contribution is 7.99. The van der Waals surface area contributed by atoms with Gasteiger partial charge in [0.2, 0.25) is 5.91 Å². The second-order valence-electron chi connectivity index (χ2n) is 6.50. The average Bonchev–Trinajstić information content (AvgIpc) is 3.10. The largest absolute Gasteiger partial charge is 0.497 e. The Kier molecular flexibility index (Phi) is 5.96. The predicted molar refractivity (Wildman–Crippen MR) is 98.2 cm³/mol. The second-order valence-corrected chi connectivity index (χ2v) is 7.44. The molecule has 0 atom stereocenters. The van der Waals surface area contributed by atoms with Gasteiger partial charge in [0, 0.05) is 12.1 Å². The van der Waals surface area contributed by atoms with Crippen LogP contribution in [0.5, 0.6) is 5.75 Å². The molecule has 1 aliphatic rings. The number of thioether (sulfide) groups is 1. The van der Waals surface area contributed by atoms with Crippen LogP contribution in [0.2, 0.25) is 0 Å². The summed E-state index contributed by atoms with van der Waals surface area (Å²) >= 11 is 1.40. The van der Waals surface area contributed by atoms with Gasteiger partial charge in [-0.2, -0.15) is 0 Å². The van der Waals surface area contributed by atoms with Crippen molar-refractivity contribution in [2.75, 3.05) is 12.9 Å². The van der Waals surface area contributed by atoms with E-state index in [1.165, 1.54) is 24.6 Å². The molecule has 1 aliphatic carbocycles. The van der Waals surface area contributed by atoms with Gasteiger partial charge in [0.15, 0.2) is 5.16 Å². The van der Waals surface area contributed by atoms with Gasteiger partial charge in [0.1, 0.15) is 12.1 Å². The maximum Gasteiger partial charge on any atom is 0.230 e. The summed E-state index contributed by atoms with van der Waals surface area (Å²) in [5.74, 6) is 1.95. The van der Waals surface area contributed by atoms with Gasteiger partial charge in [-0.1, -0.05) is 24.8 Å². The highest BCUT2D eigenvalue weighted by atomic mass is 32.2. The molecule has 1 aromatic heterocycles. The Balaban J connectivity index is 1.57. The molecule has 6 nitrogen and oxygen atoms in total. The van der Waals surface area contributed by atoms with Gasteiger partial charge in [-0.05, 0) is 43.7 Å². The molecule has 0 saturated heterocycles. The summed E-state index contributed by atoms with van der Waals surface area (Å²) in [6.45, 7) is 2.28. The lowest BCUT2D eigenvalue weighted by molar-refractivity contribution is -0.119. The molecule has 2 aromatic rings. The molecule has 0 unspecified atom stereocenters. The number of nitrogens with zero attached hydrogens (tertiary/aromatic N) is 3. The fourth-order valence-corrected chi connectivity index (χ4v) is 3.80. The van der Waals surface area contributed by atoms with Crippen LogP contribution in [0.1, 0.15) is 32.6 Å². The van der Waals surface area contributed by atoms with E-state index in [1.807, 2.05) is 28.8 Å². The standard InChI is InChI=1S/C18H24N4O2S/c1-13-6-8-14(9-7-13)20-17(23)11-25-18-21-19-12-22(18)15-4-3-5-16(10-15)24-2/h3-5,10,12-14H,6-9,11H2,1-2H3,(H,20,23). The number of hydrogen-bond acceptors (Lipinski definition) is 5. The number of ether oxygens (including phenoxy) is 1. The molecule has 1 saturated carbocycles. The molecule has 1 N–H and O–H groups in total. The number of methoxy groups -OCH3 is 1.